The number of hydrogen-bond acceptors (Lipinski definition) is 2. The summed E-state index contributed by atoms with van der Waals surface area (Å²) < 4.78 is 3.10. The lowest BCUT2D eigenvalue weighted by Crippen LogP contribution is -2.16. The second-order valence-corrected chi connectivity index (χ2v) is 6.51. The molecule has 1 amide bonds. The predicted octanol–water partition coefficient (Wildman–Crippen LogP) is 3.33. The number of carbonyl (C=O) groups excluding carboxylic acids is 1. The molecule has 2 aromatic carbocycles. The monoisotopic (exact) mass is 306 g/mol. The van der Waals surface area contributed by atoms with E-state index in [-0.39, 0.29) is 11.8 Å². The molecule has 4 heteroatoms. The highest BCUT2D eigenvalue weighted by atomic mass is 32.1. The van der Waals surface area contributed by atoms with Crippen molar-refractivity contribution in [1.29, 1.82) is 0 Å². The van der Waals surface area contributed by atoms with Gasteiger partial charge in [-0.1, -0.05) is 47.6 Å². The van der Waals surface area contributed by atoms with Crippen LogP contribution in [-0.2, 0) is 11.3 Å². The maximum absolute atomic E-state index is 12.0. The molecular weight excluding hydrogens is 292 g/mol. The highest BCUT2D eigenvalue weighted by Gasteiger charge is 2.29. The second kappa shape index (κ2) is 5.11. The molecule has 0 N–H and O–H groups in total. The number of rotatable bonds is 2. The second-order valence-electron chi connectivity index (χ2n) is 5.53. The minimum Gasteiger partial charge on any atom is -0.305 e. The number of aromatic nitrogens is 1. The van der Waals surface area contributed by atoms with Crippen molar-refractivity contribution in [2.24, 2.45) is 10.9 Å². The van der Waals surface area contributed by atoms with E-state index in [0.717, 1.165) is 23.1 Å². The van der Waals surface area contributed by atoms with Gasteiger partial charge in [0.25, 0.3) is 5.91 Å². The zero-order valence-electron chi connectivity index (χ0n) is 12.0. The van der Waals surface area contributed by atoms with E-state index in [4.69, 9.17) is 6.42 Å². The van der Waals surface area contributed by atoms with E-state index < -0.39 is 0 Å². The first-order valence-electron chi connectivity index (χ1n) is 7.31. The van der Waals surface area contributed by atoms with E-state index in [1.165, 1.54) is 10.8 Å². The van der Waals surface area contributed by atoms with Gasteiger partial charge in [-0.2, -0.15) is 4.99 Å². The first kappa shape index (κ1) is 13.3. The van der Waals surface area contributed by atoms with Crippen LogP contribution in [0.1, 0.15) is 12.8 Å². The van der Waals surface area contributed by atoms with Crippen molar-refractivity contribution in [3.05, 3.63) is 41.2 Å². The lowest BCUT2D eigenvalue weighted by molar-refractivity contribution is -0.119. The first-order chi connectivity index (χ1) is 10.8. The van der Waals surface area contributed by atoms with Gasteiger partial charge in [0.2, 0.25) is 0 Å². The molecule has 0 aliphatic heterocycles. The summed E-state index contributed by atoms with van der Waals surface area (Å²) in [6.45, 7) is 0.426. The summed E-state index contributed by atoms with van der Waals surface area (Å²) in [5.41, 5.74) is 1.05. The Morgan fingerprint density at radius 1 is 1.32 bits per heavy atom. The van der Waals surface area contributed by atoms with Gasteiger partial charge in [0, 0.05) is 11.3 Å². The van der Waals surface area contributed by atoms with E-state index in [9.17, 15) is 4.79 Å². The molecule has 3 aromatic rings. The standard InChI is InChI=1S/C18H14N2OS/c1-2-11-20-15-10-9-12-5-3-4-6-14(12)16(15)22-18(20)19-17(21)13-7-8-13/h1,3-6,9-10,13H,7-8,11H2. The van der Waals surface area contributed by atoms with Gasteiger partial charge < -0.3 is 4.57 Å². The molecule has 0 unspecified atom stereocenters. The molecule has 22 heavy (non-hydrogen) atoms. The number of amides is 1. The topological polar surface area (TPSA) is 34.4 Å². The Morgan fingerprint density at radius 3 is 2.91 bits per heavy atom. The van der Waals surface area contributed by atoms with Gasteiger partial charge in [0.05, 0.1) is 16.8 Å². The fourth-order valence-corrected chi connectivity index (χ4v) is 3.81. The summed E-state index contributed by atoms with van der Waals surface area (Å²) in [4.78, 5) is 17.1. The molecule has 0 atom stereocenters. The van der Waals surface area contributed by atoms with E-state index in [1.54, 1.807) is 11.3 Å². The number of benzene rings is 2. The van der Waals surface area contributed by atoms with Gasteiger partial charge in [-0.05, 0) is 24.3 Å². The van der Waals surface area contributed by atoms with E-state index in [2.05, 4.69) is 35.2 Å². The molecule has 1 aromatic heterocycles. The van der Waals surface area contributed by atoms with Crippen LogP contribution in [0.5, 0.6) is 0 Å². The maximum atomic E-state index is 12.0. The number of terminal acetylenes is 1. The van der Waals surface area contributed by atoms with Crippen molar-refractivity contribution in [3.63, 3.8) is 0 Å². The maximum Gasteiger partial charge on any atom is 0.251 e. The summed E-state index contributed by atoms with van der Waals surface area (Å²) in [6, 6.07) is 12.4. The Balaban J connectivity index is 2.03. The average molecular weight is 306 g/mol. The largest absolute Gasteiger partial charge is 0.305 e. The summed E-state index contributed by atoms with van der Waals surface area (Å²) in [5.74, 6) is 2.78. The zero-order valence-corrected chi connectivity index (χ0v) is 12.8. The van der Waals surface area contributed by atoms with Crippen LogP contribution in [0.25, 0.3) is 21.0 Å². The molecule has 3 nitrogen and oxygen atoms in total. The molecule has 0 saturated heterocycles. The Hall–Kier alpha value is -2.38. The van der Waals surface area contributed by atoms with Crippen LogP contribution in [0.2, 0.25) is 0 Å². The Kier molecular flexibility index (Phi) is 3.09. The molecule has 108 valence electrons. The molecular formula is C18H14N2OS. The third kappa shape index (κ3) is 2.15. The molecule has 1 fully saturated rings. The number of carbonyl (C=O) groups is 1. The quantitative estimate of drug-likeness (QED) is 0.669. The Labute approximate surface area is 131 Å². The molecule has 1 heterocycles. The number of fused-ring (bicyclic) bond motifs is 3. The highest BCUT2D eigenvalue weighted by Crippen LogP contribution is 2.31. The van der Waals surface area contributed by atoms with Gasteiger partial charge in [-0.15, -0.1) is 6.42 Å². The lowest BCUT2D eigenvalue weighted by atomic mass is 10.1. The molecule has 1 aliphatic rings. The van der Waals surface area contributed by atoms with Crippen molar-refractivity contribution in [2.45, 2.75) is 19.4 Å². The zero-order chi connectivity index (χ0) is 15.1. The van der Waals surface area contributed by atoms with E-state index >= 15 is 0 Å². The van der Waals surface area contributed by atoms with Gasteiger partial charge in [0.1, 0.15) is 0 Å². The van der Waals surface area contributed by atoms with Crippen molar-refractivity contribution in [2.75, 3.05) is 0 Å². The summed E-state index contributed by atoms with van der Waals surface area (Å²) >= 11 is 1.55. The minimum atomic E-state index is -0.0124. The van der Waals surface area contributed by atoms with Gasteiger partial charge in [-0.25, -0.2) is 0 Å². The fraction of sp³-hybridized carbons (Fsp3) is 0.222. The normalized spacial score (nSPS) is 15.3. The van der Waals surface area contributed by atoms with E-state index in [0.29, 0.717) is 11.3 Å². The van der Waals surface area contributed by atoms with Gasteiger partial charge >= 0.3 is 0 Å². The average Bonchev–Trinajstić information content (AvgIpc) is 3.33. The lowest BCUT2D eigenvalue weighted by Gasteiger charge is -2.01. The third-order valence-electron chi connectivity index (χ3n) is 3.96. The molecule has 1 aliphatic carbocycles. The molecule has 0 radical (unpaired) electrons. The van der Waals surface area contributed by atoms with Crippen LogP contribution in [0, 0.1) is 18.3 Å². The smallest absolute Gasteiger partial charge is 0.251 e. The third-order valence-corrected chi connectivity index (χ3v) is 5.08. The number of hydrogen-bond donors (Lipinski definition) is 0. The first-order valence-corrected chi connectivity index (χ1v) is 8.12. The van der Waals surface area contributed by atoms with Crippen LogP contribution in [0.4, 0.5) is 0 Å². The van der Waals surface area contributed by atoms with Crippen LogP contribution < -0.4 is 4.80 Å². The SMILES string of the molecule is C#CCn1c(=NC(=O)C2CC2)sc2c3ccccc3ccc21. The van der Waals surface area contributed by atoms with Gasteiger partial charge in [-0.3, -0.25) is 4.79 Å². The van der Waals surface area contributed by atoms with Crippen molar-refractivity contribution >= 4 is 38.2 Å². The van der Waals surface area contributed by atoms with Crippen molar-refractivity contribution in [1.82, 2.24) is 4.57 Å². The number of thiazole rings is 1. The van der Waals surface area contributed by atoms with Crippen molar-refractivity contribution in [3.8, 4) is 12.3 Å². The van der Waals surface area contributed by atoms with Crippen LogP contribution >= 0.6 is 11.3 Å². The summed E-state index contributed by atoms with van der Waals surface area (Å²) in [7, 11) is 0. The minimum absolute atomic E-state index is 0.0124. The molecule has 4 rings (SSSR count). The fourth-order valence-electron chi connectivity index (χ4n) is 2.64. The van der Waals surface area contributed by atoms with Crippen molar-refractivity contribution < 1.29 is 4.79 Å². The van der Waals surface area contributed by atoms with Crippen LogP contribution in [0.15, 0.2) is 41.4 Å². The Bertz CT molecular complexity index is 999. The highest BCUT2D eigenvalue weighted by molar-refractivity contribution is 7.17. The Morgan fingerprint density at radius 2 is 2.14 bits per heavy atom. The summed E-state index contributed by atoms with van der Waals surface area (Å²) in [6.07, 6.45) is 7.43. The predicted molar refractivity (Wildman–Crippen MR) is 89.4 cm³/mol. The number of nitrogens with zero attached hydrogens (tertiary/aromatic N) is 2. The molecule has 1 saturated carbocycles. The van der Waals surface area contributed by atoms with E-state index in [1.807, 2.05) is 16.7 Å². The van der Waals surface area contributed by atoms with Crippen LogP contribution in [-0.4, -0.2) is 10.5 Å². The van der Waals surface area contributed by atoms with Crippen LogP contribution in [0.3, 0.4) is 0 Å². The van der Waals surface area contributed by atoms with Gasteiger partial charge in [0.15, 0.2) is 4.80 Å². The molecule has 0 bridgehead atoms. The summed E-state index contributed by atoms with van der Waals surface area (Å²) in [5, 5.41) is 2.36. The molecule has 0 spiro atoms.